The summed E-state index contributed by atoms with van der Waals surface area (Å²) in [6.45, 7) is 4.17. The van der Waals surface area contributed by atoms with Crippen molar-refractivity contribution >= 4 is 5.91 Å². The minimum absolute atomic E-state index is 0.0739. The molecule has 0 unspecified atom stereocenters. The van der Waals surface area contributed by atoms with E-state index in [-0.39, 0.29) is 22.7 Å². The lowest BCUT2D eigenvalue weighted by molar-refractivity contribution is -0.00839. The van der Waals surface area contributed by atoms with Crippen molar-refractivity contribution in [3.05, 3.63) is 28.4 Å². The number of nitrogens with zero attached hydrogens (tertiary/aromatic N) is 3. The normalized spacial score (nSPS) is 25.9. The highest BCUT2D eigenvalue weighted by molar-refractivity contribution is 5.93. The summed E-state index contributed by atoms with van der Waals surface area (Å²) < 4.78 is 5.85. The van der Waals surface area contributed by atoms with E-state index in [4.69, 9.17) is 4.74 Å². The van der Waals surface area contributed by atoms with Crippen LogP contribution in [0.4, 0.5) is 0 Å². The minimum Gasteiger partial charge on any atom is -0.381 e. The van der Waals surface area contributed by atoms with Crippen molar-refractivity contribution in [2.45, 2.75) is 24.8 Å². The van der Waals surface area contributed by atoms with E-state index in [1.165, 1.54) is 25.2 Å². The number of amides is 1. The second kappa shape index (κ2) is 5.97. The van der Waals surface area contributed by atoms with Crippen molar-refractivity contribution in [1.82, 2.24) is 19.8 Å². The van der Waals surface area contributed by atoms with Crippen LogP contribution < -0.4 is 5.56 Å². The molecule has 1 atom stereocenters. The number of carbonyl (C=O) groups excluding carboxylic acids is 1. The van der Waals surface area contributed by atoms with Crippen molar-refractivity contribution in [3.8, 4) is 0 Å². The van der Waals surface area contributed by atoms with Gasteiger partial charge in [-0.05, 0) is 38.1 Å². The van der Waals surface area contributed by atoms with E-state index in [0.717, 1.165) is 32.1 Å². The number of H-pyrrole nitrogens is 1. The first-order valence-corrected chi connectivity index (χ1v) is 8.69. The van der Waals surface area contributed by atoms with E-state index in [0.29, 0.717) is 19.0 Å². The molecule has 7 nitrogen and oxygen atoms in total. The molecule has 2 aliphatic heterocycles. The number of carbonyl (C=O) groups is 1. The van der Waals surface area contributed by atoms with Gasteiger partial charge in [-0.1, -0.05) is 0 Å². The standard InChI is InChI=1S/C17H24N4O3/c1-20-6-13(8-24-7-12-2-3-12)5-17(20)9-21(10-17)16(23)14-4-15(22)19-11-18-14/h4,11-13H,2-3,5-10H2,1H3,(H,18,19,22)/t13-/m0/s1. The van der Waals surface area contributed by atoms with E-state index in [1.54, 1.807) is 4.90 Å². The number of likely N-dealkylation sites (tertiary alicyclic amines) is 2. The first kappa shape index (κ1) is 15.8. The Hall–Kier alpha value is -1.73. The molecular formula is C17H24N4O3. The van der Waals surface area contributed by atoms with Gasteiger partial charge in [0, 0.05) is 32.3 Å². The second-order valence-corrected chi connectivity index (χ2v) is 7.61. The molecule has 1 spiro atoms. The van der Waals surface area contributed by atoms with Gasteiger partial charge in [-0.3, -0.25) is 14.5 Å². The Bertz CT molecular complexity index is 678. The second-order valence-electron chi connectivity index (χ2n) is 7.61. The van der Waals surface area contributed by atoms with Gasteiger partial charge >= 0.3 is 0 Å². The molecule has 1 aliphatic carbocycles. The Labute approximate surface area is 141 Å². The number of hydrogen-bond acceptors (Lipinski definition) is 5. The number of rotatable bonds is 5. The molecule has 130 valence electrons. The Morgan fingerprint density at radius 3 is 2.83 bits per heavy atom. The maximum atomic E-state index is 12.4. The quantitative estimate of drug-likeness (QED) is 0.841. The topological polar surface area (TPSA) is 78.5 Å². The Kier molecular flexibility index (Phi) is 3.92. The van der Waals surface area contributed by atoms with Crippen LogP contribution in [0.25, 0.3) is 0 Å². The number of aromatic nitrogens is 2. The Balaban J connectivity index is 1.31. The molecule has 0 bridgehead atoms. The van der Waals surface area contributed by atoms with Crippen LogP contribution in [0.3, 0.4) is 0 Å². The summed E-state index contributed by atoms with van der Waals surface area (Å²) in [5.41, 5.74) is -0.00204. The molecule has 7 heteroatoms. The van der Waals surface area contributed by atoms with Crippen LogP contribution in [-0.4, -0.2) is 71.1 Å². The van der Waals surface area contributed by atoms with Gasteiger partial charge in [-0.15, -0.1) is 0 Å². The summed E-state index contributed by atoms with van der Waals surface area (Å²) in [5, 5.41) is 0. The van der Waals surface area contributed by atoms with Crippen molar-refractivity contribution < 1.29 is 9.53 Å². The van der Waals surface area contributed by atoms with Crippen molar-refractivity contribution in [2.24, 2.45) is 11.8 Å². The molecular weight excluding hydrogens is 308 g/mol. The fourth-order valence-electron chi connectivity index (χ4n) is 3.96. The van der Waals surface area contributed by atoms with Gasteiger partial charge in [0.25, 0.3) is 11.5 Å². The number of ether oxygens (including phenoxy) is 1. The summed E-state index contributed by atoms with van der Waals surface area (Å²) >= 11 is 0. The van der Waals surface area contributed by atoms with Crippen molar-refractivity contribution in [3.63, 3.8) is 0 Å². The van der Waals surface area contributed by atoms with E-state index in [1.807, 2.05) is 0 Å². The molecule has 24 heavy (non-hydrogen) atoms. The van der Waals surface area contributed by atoms with Gasteiger partial charge in [-0.2, -0.15) is 0 Å². The molecule has 1 aromatic rings. The largest absolute Gasteiger partial charge is 0.381 e. The fourth-order valence-corrected chi connectivity index (χ4v) is 3.96. The predicted octanol–water partition coefficient (Wildman–Crippen LogP) is 0.343. The van der Waals surface area contributed by atoms with Crippen molar-refractivity contribution in [2.75, 3.05) is 39.9 Å². The molecule has 1 aromatic heterocycles. The van der Waals surface area contributed by atoms with Crippen LogP contribution in [0.1, 0.15) is 29.8 Å². The average molecular weight is 332 g/mol. The van der Waals surface area contributed by atoms with Crippen LogP contribution in [0.5, 0.6) is 0 Å². The van der Waals surface area contributed by atoms with E-state index >= 15 is 0 Å². The zero-order valence-corrected chi connectivity index (χ0v) is 14.0. The summed E-state index contributed by atoms with van der Waals surface area (Å²) in [5.74, 6) is 1.19. The van der Waals surface area contributed by atoms with Gasteiger partial charge < -0.3 is 14.6 Å². The number of aromatic amines is 1. The van der Waals surface area contributed by atoms with Gasteiger partial charge in [-0.25, -0.2) is 4.98 Å². The summed E-state index contributed by atoms with van der Waals surface area (Å²) in [6.07, 6.45) is 4.99. The average Bonchev–Trinajstić information content (AvgIpc) is 3.27. The third-order valence-corrected chi connectivity index (χ3v) is 5.57. The summed E-state index contributed by atoms with van der Waals surface area (Å²) in [4.78, 5) is 34.3. The third-order valence-electron chi connectivity index (χ3n) is 5.57. The molecule has 0 aromatic carbocycles. The highest BCUT2D eigenvalue weighted by Crippen LogP contribution is 2.40. The predicted molar refractivity (Wildman–Crippen MR) is 87.8 cm³/mol. The van der Waals surface area contributed by atoms with Gasteiger partial charge in [0.05, 0.1) is 18.5 Å². The molecule has 3 heterocycles. The molecule has 1 amide bonds. The first-order valence-electron chi connectivity index (χ1n) is 8.69. The fraction of sp³-hybridized carbons (Fsp3) is 0.706. The molecule has 3 fully saturated rings. The number of likely N-dealkylation sites (N-methyl/N-ethyl adjacent to an activating group) is 1. The van der Waals surface area contributed by atoms with Gasteiger partial charge in [0.1, 0.15) is 5.69 Å². The maximum absolute atomic E-state index is 12.4. The van der Waals surface area contributed by atoms with E-state index in [9.17, 15) is 9.59 Å². The zero-order valence-electron chi connectivity index (χ0n) is 14.0. The van der Waals surface area contributed by atoms with E-state index < -0.39 is 0 Å². The maximum Gasteiger partial charge on any atom is 0.272 e. The molecule has 2 saturated heterocycles. The van der Waals surface area contributed by atoms with Crippen LogP contribution in [-0.2, 0) is 4.74 Å². The zero-order chi connectivity index (χ0) is 16.7. The smallest absolute Gasteiger partial charge is 0.272 e. The Morgan fingerprint density at radius 2 is 2.12 bits per heavy atom. The van der Waals surface area contributed by atoms with Gasteiger partial charge in [0.2, 0.25) is 0 Å². The lowest BCUT2D eigenvalue weighted by Gasteiger charge is -2.51. The van der Waals surface area contributed by atoms with Crippen molar-refractivity contribution in [1.29, 1.82) is 0 Å². The van der Waals surface area contributed by atoms with Crippen LogP contribution in [0.2, 0.25) is 0 Å². The third kappa shape index (κ3) is 2.98. The van der Waals surface area contributed by atoms with Crippen LogP contribution >= 0.6 is 0 Å². The minimum atomic E-state index is -0.297. The van der Waals surface area contributed by atoms with E-state index in [2.05, 4.69) is 21.9 Å². The SMILES string of the molecule is CN1C[C@@H](COCC2CC2)CC12CN(C(=O)c1cc(=O)[nH]cn1)C2. The molecule has 4 rings (SSSR count). The molecule has 0 radical (unpaired) electrons. The molecule has 3 aliphatic rings. The molecule has 1 saturated carbocycles. The highest BCUT2D eigenvalue weighted by atomic mass is 16.5. The Morgan fingerprint density at radius 1 is 1.38 bits per heavy atom. The van der Waals surface area contributed by atoms with Crippen LogP contribution in [0.15, 0.2) is 17.2 Å². The summed E-state index contributed by atoms with van der Waals surface area (Å²) in [6, 6.07) is 1.26. The number of nitrogens with one attached hydrogen (secondary N) is 1. The summed E-state index contributed by atoms with van der Waals surface area (Å²) in [7, 11) is 2.13. The highest BCUT2D eigenvalue weighted by Gasteiger charge is 2.53. The van der Waals surface area contributed by atoms with Crippen LogP contribution in [0, 0.1) is 11.8 Å². The number of hydrogen-bond donors (Lipinski definition) is 1. The molecule has 1 N–H and O–H groups in total. The van der Waals surface area contributed by atoms with Gasteiger partial charge in [0.15, 0.2) is 0 Å². The lowest BCUT2D eigenvalue weighted by atomic mass is 9.84. The first-order chi connectivity index (χ1) is 11.6. The lowest BCUT2D eigenvalue weighted by Crippen LogP contribution is -2.68. The monoisotopic (exact) mass is 332 g/mol.